The van der Waals surface area contributed by atoms with E-state index < -0.39 is 21.8 Å². The van der Waals surface area contributed by atoms with Crippen LogP contribution >= 0.6 is 0 Å². The number of piperidine rings is 1. The van der Waals surface area contributed by atoms with E-state index in [-0.39, 0.29) is 35.1 Å². The molecule has 1 saturated carbocycles. The highest BCUT2D eigenvalue weighted by atomic mass is 32.2. The molecule has 0 radical (unpaired) electrons. The fourth-order valence-corrected chi connectivity index (χ4v) is 5.49. The molecule has 2 fully saturated rings. The minimum atomic E-state index is -3.95. The first-order valence-corrected chi connectivity index (χ1v) is 12.5. The van der Waals surface area contributed by atoms with Crippen LogP contribution in [0, 0.1) is 29.0 Å². The minimum absolute atomic E-state index is 0.110. The number of ether oxygens (including phenoxy) is 1. The van der Waals surface area contributed by atoms with Gasteiger partial charge in [-0.1, -0.05) is 6.92 Å². The SMILES string of the molecule is CCN(C)S(=O)(=O)Nc1ccc(F)c(Oc2ccc3ncn(C4C5CNCC54)c(=O)c3c2)c1C#N. The highest BCUT2D eigenvalue weighted by Crippen LogP contribution is 2.51. The Bertz CT molecular complexity index is 1520. The second kappa shape index (κ2) is 8.60. The van der Waals surface area contributed by atoms with Gasteiger partial charge in [0, 0.05) is 32.7 Å². The Morgan fingerprint density at radius 1 is 1.31 bits per heavy atom. The number of anilines is 1. The predicted octanol–water partition coefficient (Wildman–Crippen LogP) is 2.20. The van der Waals surface area contributed by atoms with Gasteiger partial charge in [-0.25, -0.2) is 9.37 Å². The summed E-state index contributed by atoms with van der Waals surface area (Å²) >= 11 is 0. The van der Waals surface area contributed by atoms with Crippen LogP contribution in [-0.2, 0) is 10.2 Å². The summed E-state index contributed by atoms with van der Waals surface area (Å²) in [5.74, 6) is -0.352. The first kappa shape index (κ1) is 23.2. The van der Waals surface area contributed by atoms with Gasteiger partial charge in [0.05, 0.1) is 22.9 Å². The maximum absolute atomic E-state index is 14.7. The van der Waals surface area contributed by atoms with E-state index in [0.717, 1.165) is 29.5 Å². The lowest BCUT2D eigenvalue weighted by Gasteiger charge is -2.18. The molecule has 3 aromatic rings. The molecule has 35 heavy (non-hydrogen) atoms. The highest BCUT2D eigenvalue weighted by Gasteiger charge is 2.54. The van der Waals surface area contributed by atoms with E-state index in [1.807, 2.05) is 6.07 Å². The van der Waals surface area contributed by atoms with Crippen LogP contribution in [0.15, 0.2) is 41.5 Å². The molecule has 2 atom stereocenters. The molecule has 1 saturated heterocycles. The summed E-state index contributed by atoms with van der Waals surface area (Å²) in [6.07, 6.45) is 1.56. The number of fused-ring (bicyclic) bond motifs is 2. The van der Waals surface area contributed by atoms with Crippen LogP contribution in [0.3, 0.4) is 0 Å². The number of nitrogens with one attached hydrogen (secondary N) is 2. The van der Waals surface area contributed by atoms with E-state index >= 15 is 0 Å². The average Bonchev–Trinajstić information content (AvgIpc) is 3.29. The van der Waals surface area contributed by atoms with Crippen molar-refractivity contribution in [1.82, 2.24) is 19.2 Å². The number of hydrogen-bond donors (Lipinski definition) is 2. The van der Waals surface area contributed by atoms with Crippen molar-refractivity contribution >= 4 is 26.8 Å². The molecule has 1 aromatic heterocycles. The van der Waals surface area contributed by atoms with Crippen molar-refractivity contribution < 1.29 is 17.5 Å². The minimum Gasteiger partial charge on any atom is -0.453 e. The van der Waals surface area contributed by atoms with Crippen molar-refractivity contribution in [3.05, 3.63) is 58.4 Å². The number of aromatic nitrogens is 2. The summed E-state index contributed by atoms with van der Waals surface area (Å²) in [4.78, 5) is 17.6. The molecule has 2 N–H and O–H groups in total. The Balaban J connectivity index is 1.50. The Labute approximate surface area is 201 Å². The van der Waals surface area contributed by atoms with Gasteiger partial charge in [0.25, 0.3) is 5.56 Å². The molecule has 2 aliphatic rings. The molecule has 5 rings (SSSR count). The van der Waals surface area contributed by atoms with Crippen LogP contribution in [0.2, 0.25) is 0 Å². The summed E-state index contributed by atoms with van der Waals surface area (Å²) in [6, 6.07) is 8.64. The lowest BCUT2D eigenvalue weighted by atomic mass is 10.1. The third-order valence-electron chi connectivity index (χ3n) is 6.66. The molecule has 2 aromatic carbocycles. The number of nitrogens with zero attached hydrogens (tertiary/aromatic N) is 4. The zero-order valence-corrected chi connectivity index (χ0v) is 19.8. The van der Waals surface area contributed by atoms with Crippen molar-refractivity contribution in [2.75, 3.05) is 31.4 Å². The van der Waals surface area contributed by atoms with Crippen molar-refractivity contribution in [3.63, 3.8) is 0 Å². The number of hydrogen-bond acceptors (Lipinski definition) is 7. The van der Waals surface area contributed by atoms with Crippen LogP contribution in [0.5, 0.6) is 11.5 Å². The van der Waals surface area contributed by atoms with Gasteiger partial charge < -0.3 is 10.1 Å². The second-order valence-corrected chi connectivity index (χ2v) is 10.4. The van der Waals surface area contributed by atoms with Crippen LogP contribution in [-0.4, -0.2) is 49.0 Å². The zero-order valence-electron chi connectivity index (χ0n) is 19.0. The zero-order chi connectivity index (χ0) is 24.9. The maximum Gasteiger partial charge on any atom is 0.301 e. The Kier molecular flexibility index (Phi) is 5.71. The largest absolute Gasteiger partial charge is 0.453 e. The summed E-state index contributed by atoms with van der Waals surface area (Å²) in [7, 11) is -2.58. The topological polar surface area (TPSA) is 129 Å². The lowest BCUT2D eigenvalue weighted by Crippen LogP contribution is -2.32. The number of nitriles is 1. The Morgan fingerprint density at radius 3 is 2.74 bits per heavy atom. The molecular weight excluding hydrogens is 475 g/mol. The molecule has 2 unspecified atom stereocenters. The van der Waals surface area contributed by atoms with Crippen molar-refractivity contribution in [1.29, 1.82) is 5.26 Å². The number of rotatable bonds is 7. The summed E-state index contributed by atoms with van der Waals surface area (Å²) in [6.45, 7) is 3.59. The van der Waals surface area contributed by atoms with Gasteiger partial charge in [-0.2, -0.15) is 18.0 Å². The normalized spacial score (nSPS) is 21.1. The molecule has 2 heterocycles. The van der Waals surface area contributed by atoms with Crippen LogP contribution in [0.4, 0.5) is 10.1 Å². The highest BCUT2D eigenvalue weighted by molar-refractivity contribution is 7.90. The van der Waals surface area contributed by atoms with Gasteiger partial charge in [-0.3, -0.25) is 14.1 Å². The van der Waals surface area contributed by atoms with E-state index in [1.165, 1.54) is 19.2 Å². The lowest BCUT2D eigenvalue weighted by molar-refractivity contribution is 0.441. The van der Waals surface area contributed by atoms with Gasteiger partial charge in [-0.15, -0.1) is 0 Å². The molecule has 10 nitrogen and oxygen atoms in total. The van der Waals surface area contributed by atoms with Crippen LogP contribution in [0.25, 0.3) is 10.9 Å². The molecular formula is C23H23FN6O4S. The molecule has 0 spiro atoms. The van der Waals surface area contributed by atoms with Gasteiger partial charge in [0.2, 0.25) is 0 Å². The summed E-state index contributed by atoms with van der Waals surface area (Å²) in [5, 5.41) is 13.3. The first-order chi connectivity index (χ1) is 16.7. The van der Waals surface area contributed by atoms with E-state index in [4.69, 9.17) is 4.74 Å². The monoisotopic (exact) mass is 498 g/mol. The summed E-state index contributed by atoms with van der Waals surface area (Å²) < 4.78 is 50.2. The van der Waals surface area contributed by atoms with Crippen LogP contribution in [0.1, 0.15) is 18.5 Å². The number of halogens is 1. The third kappa shape index (κ3) is 4.01. The van der Waals surface area contributed by atoms with E-state index in [1.54, 1.807) is 23.9 Å². The molecule has 1 aliphatic heterocycles. The number of benzene rings is 2. The van der Waals surface area contributed by atoms with Crippen molar-refractivity contribution in [3.8, 4) is 17.6 Å². The molecule has 182 valence electrons. The Morgan fingerprint density at radius 2 is 2.06 bits per heavy atom. The fraction of sp³-hybridized carbons (Fsp3) is 0.348. The first-order valence-electron chi connectivity index (χ1n) is 11.1. The molecule has 0 amide bonds. The van der Waals surface area contributed by atoms with Gasteiger partial charge in [-0.05, 0) is 42.2 Å². The maximum atomic E-state index is 14.7. The standard InChI is InChI=1S/C23H23FN6O4S/c1-3-29(2)35(32,33)28-20-7-5-18(24)22(15(20)9-25)34-13-4-6-19-14(8-13)23(31)30(12-27-19)21-16-10-26-11-17(16)21/h4-8,12,16-17,21,26,28H,3,10-11H2,1-2H3. The molecule has 1 aliphatic carbocycles. The second-order valence-electron chi connectivity index (χ2n) is 8.65. The van der Waals surface area contributed by atoms with Crippen molar-refractivity contribution in [2.45, 2.75) is 13.0 Å². The van der Waals surface area contributed by atoms with E-state index in [2.05, 4.69) is 15.0 Å². The molecule has 0 bridgehead atoms. The third-order valence-corrected chi connectivity index (χ3v) is 8.21. The van der Waals surface area contributed by atoms with Crippen molar-refractivity contribution in [2.24, 2.45) is 11.8 Å². The average molecular weight is 499 g/mol. The van der Waals surface area contributed by atoms with E-state index in [9.17, 15) is 22.9 Å². The van der Waals surface area contributed by atoms with Gasteiger partial charge in [0.15, 0.2) is 11.6 Å². The predicted molar refractivity (Wildman–Crippen MR) is 127 cm³/mol. The summed E-state index contributed by atoms with van der Waals surface area (Å²) in [5.41, 5.74) is -0.194. The van der Waals surface area contributed by atoms with Crippen LogP contribution < -0.4 is 20.3 Å². The molecule has 12 heteroatoms. The Hall–Kier alpha value is -3.53. The van der Waals surface area contributed by atoms with Gasteiger partial charge in [0.1, 0.15) is 17.4 Å². The fourth-order valence-electron chi connectivity index (χ4n) is 4.55. The quantitative estimate of drug-likeness (QED) is 0.511. The van der Waals surface area contributed by atoms with E-state index in [0.29, 0.717) is 22.7 Å². The van der Waals surface area contributed by atoms with Gasteiger partial charge >= 0.3 is 10.2 Å². The smallest absolute Gasteiger partial charge is 0.301 e.